The van der Waals surface area contributed by atoms with Crippen LogP contribution in [0.5, 0.6) is 5.75 Å². The minimum absolute atomic E-state index is 0.142. The molecule has 2 atom stereocenters. The van der Waals surface area contributed by atoms with Crippen LogP contribution in [0.15, 0.2) is 84.9 Å². The molecule has 142 valence electrons. The molecule has 4 rings (SSSR count). The topological polar surface area (TPSA) is 46.6 Å². The van der Waals surface area contributed by atoms with Crippen molar-refractivity contribution in [3.63, 3.8) is 0 Å². The Labute approximate surface area is 169 Å². The van der Waals surface area contributed by atoms with Gasteiger partial charge in [0.15, 0.2) is 0 Å². The van der Waals surface area contributed by atoms with Crippen LogP contribution in [0.25, 0.3) is 0 Å². The third-order valence-corrected chi connectivity index (χ3v) is 7.58. The molecule has 1 heterocycles. The number of hydrogen-bond acceptors (Lipinski definition) is 3. The molecule has 0 fully saturated rings. The van der Waals surface area contributed by atoms with Crippen molar-refractivity contribution in [1.29, 1.82) is 0 Å². The Morgan fingerprint density at radius 1 is 0.893 bits per heavy atom. The molecule has 3 aromatic rings. The van der Waals surface area contributed by atoms with E-state index < -0.39 is 13.6 Å². The third kappa shape index (κ3) is 3.34. The van der Waals surface area contributed by atoms with Crippen LogP contribution >= 0.6 is 19.1 Å². The normalized spacial score (nSPS) is 19.6. The van der Waals surface area contributed by atoms with Crippen LogP contribution in [0.3, 0.4) is 0 Å². The fourth-order valence-corrected chi connectivity index (χ4v) is 6.11. The SMILES string of the molecule is O=C1c2ccccc2OP(=O)(c2ccccc2)N1[C@@H](CCl)Cc1ccccc1. The maximum atomic E-state index is 14.2. The van der Waals surface area contributed by atoms with Gasteiger partial charge in [0.2, 0.25) is 0 Å². The van der Waals surface area contributed by atoms with Gasteiger partial charge >= 0.3 is 7.52 Å². The van der Waals surface area contributed by atoms with Crippen molar-refractivity contribution < 1.29 is 13.9 Å². The van der Waals surface area contributed by atoms with Gasteiger partial charge in [0.05, 0.1) is 16.9 Å². The van der Waals surface area contributed by atoms with Crippen molar-refractivity contribution in [1.82, 2.24) is 4.67 Å². The van der Waals surface area contributed by atoms with E-state index >= 15 is 0 Å². The summed E-state index contributed by atoms with van der Waals surface area (Å²) < 4.78 is 21.5. The number of nitrogens with zero attached hydrogens (tertiary/aromatic N) is 1. The maximum absolute atomic E-state index is 14.2. The lowest BCUT2D eigenvalue weighted by atomic mass is 10.1. The molecule has 0 N–H and O–H groups in total. The fourth-order valence-electron chi connectivity index (χ4n) is 3.41. The zero-order valence-corrected chi connectivity index (χ0v) is 16.7. The number of carbonyl (C=O) groups is 1. The first-order chi connectivity index (χ1) is 13.6. The lowest BCUT2D eigenvalue weighted by Crippen LogP contribution is -2.46. The molecule has 3 aromatic carbocycles. The molecule has 4 nitrogen and oxygen atoms in total. The van der Waals surface area contributed by atoms with Gasteiger partial charge in [-0.1, -0.05) is 60.7 Å². The van der Waals surface area contributed by atoms with Crippen LogP contribution in [0.1, 0.15) is 15.9 Å². The monoisotopic (exact) mass is 411 g/mol. The van der Waals surface area contributed by atoms with E-state index in [4.69, 9.17) is 16.1 Å². The highest BCUT2D eigenvalue weighted by atomic mass is 35.5. The lowest BCUT2D eigenvalue weighted by molar-refractivity contribution is 0.0799. The molecule has 6 heteroatoms. The maximum Gasteiger partial charge on any atom is 0.377 e. The predicted octanol–water partition coefficient (Wildman–Crippen LogP) is 4.89. The Kier molecular flexibility index (Phi) is 5.25. The number of fused-ring (bicyclic) bond motifs is 1. The lowest BCUT2D eigenvalue weighted by Gasteiger charge is -2.40. The molecule has 1 aliphatic heterocycles. The molecular weight excluding hydrogens is 393 g/mol. The second-order valence-electron chi connectivity index (χ2n) is 6.59. The number of carbonyl (C=O) groups excluding carboxylic acids is 1. The molecule has 0 aromatic heterocycles. The molecule has 0 saturated heterocycles. The smallest absolute Gasteiger partial charge is 0.377 e. The summed E-state index contributed by atoms with van der Waals surface area (Å²) in [6.45, 7) is 0. The number of para-hydroxylation sites is 1. The van der Waals surface area contributed by atoms with Gasteiger partial charge in [0.1, 0.15) is 5.75 Å². The molecule has 0 bridgehead atoms. The van der Waals surface area contributed by atoms with E-state index in [0.29, 0.717) is 23.0 Å². The van der Waals surface area contributed by atoms with Crippen molar-refractivity contribution in [3.05, 3.63) is 96.1 Å². The number of benzene rings is 3. The van der Waals surface area contributed by atoms with E-state index in [0.717, 1.165) is 5.56 Å². The highest BCUT2D eigenvalue weighted by Crippen LogP contribution is 2.56. The average molecular weight is 412 g/mol. The van der Waals surface area contributed by atoms with E-state index in [2.05, 4.69) is 0 Å². The van der Waals surface area contributed by atoms with E-state index in [-0.39, 0.29) is 11.8 Å². The van der Waals surface area contributed by atoms with Crippen LogP contribution < -0.4 is 9.83 Å². The first-order valence-electron chi connectivity index (χ1n) is 9.01. The number of alkyl halides is 1. The quantitative estimate of drug-likeness (QED) is 0.443. The van der Waals surface area contributed by atoms with Gasteiger partial charge in [-0.2, -0.15) is 0 Å². The summed E-state index contributed by atoms with van der Waals surface area (Å²) in [5.41, 5.74) is 1.41. The summed E-state index contributed by atoms with van der Waals surface area (Å²) in [5, 5.41) is 0.473. The largest absolute Gasteiger partial charge is 0.425 e. The van der Waals surface area contributed by atoms with Gasteiger partial charge in [-0.25, -0.2) is 9.24 Å². The van der Waals surface area contributed by atoms with E-state index in [1.54, 1.807) is 48.5 Å². The van der Waals surface area contributed by atoms with E-state index in [1.165, 1.54) is 4.67 Å². The minimum Gasteiger partial charge on any atom is -0.425 e. The van der Waals surface area contributed by atoms with Gasteiger partial charge in [-0.3, -0.25) is 4.79 Å². The average Bonchev–Trinajstić information content (AvgIpc) is 2.74. The molecule has 1 amide bonds. The van der Waals surface area contributed by atoms with Crippen molar-refractivity contribution in [2.24, 2.45) is 0 Å². The van der Waals surface area contributed by atoms with Crippen LogP contribution in [0.4, 0.5) is 0 Å². The first kappa shape index (κ1) is 18.8. The second kappa shape index (κ2) is 7.83. The first-order valence-corrected chi connectivity index (χ1v) is 11.1. The van der Waals surface area contributed by atoms with Crippen LogP contribution in [-0.4, -0.2) is 22.5 Å². The summed E-state index contributed by atoms with van der Waals surface area (Å²) >= 11 is 6.29. The second-order valence-corrected chi connectivity index (χ2v) is 9.07. The van der Waals surface area contributed by atoms with Crippen LogP contribution in [0.2, 0.25) is 0 Å². The molecule has 0 radical (unpaired) electrons. The highest BCUT2D eigenvalue weighted by Gasteiger charge is 2.47. The predicted molar refractivity (Wildman–Crippen MR) is 112 cm³/mol. The number of amides is 1. The van der Waals surface area contributed by atoms with Crippen LogP contribution in [-0.2, 0) is 11.0 Å². The van der Waals surface area contributed by atoms with Crippen molar-refractivity contribution in [2.75, 3.05) is 5.88 Å². The molecule has 0 saturated carbocycles. The van der Waals surface area contributed by atoms with Crippen molar-refractivity contribution in [2.45, 2.75) is 12.5 Å². The summed E-state index contributed by atoms with van der Waals surface area (Å²) in [6, 6.07) is 25.0. The molecule has 0 aliphatic carbocycles. The summed E-state index contributed by atoms with van der Waals surface area (Å²) in [5.74, 6) is 0.155. The van der Waals surface area contributed by atoms with Gasteiger partial charge in [-0.15, -0.1) is 11.6 Å². The van der Waals surface area contributed by atoms with Gasteiger partial charge in [-0.05, 0) is 36.2 Å². The van der Waals surface area contributed by atoms with Gasteiger partial charge in [0.25, 0.3) is 5.91 Å². The van der Waals surface area contributed by atoms with Crippen molar-refractivity contribution >= 4 is 30.3 Å². The fraction of sp³-hybridized carbons (Fsp3) is 0.136. The Morgan fingerprint density at radius 2 is 1.50 bits per heavy atom. The van der Waals surface area contributed by atoms with Crippen molar-refractivity contribution in [3.8, 4) is 5.75 Å². The molecular formula is C22H19ClNO3P. The molecule has 0 spiro atoms. The highest BCUT2D eigenvalue weighted by molar-refractivity contribution is 7.65. The minimum atomic E-state index is -3.67. The molecule has 28 heavy (non-hydrogen) atoms. The Morgan fingerprint density at radius 3 is 2.18 bits per heavy atom. The zero-order chi connectivity index (χ0) is 19.6. The Hall–Kier alpha value is -2.55. The zero-order valence-electron chi connectivity index (χ0n) is 15.1. The number of rotatable bonds is 5. The Bertz CT molecular complexity index is 1030. The summed E-state index contributed by atoms with van der Waals surface area (Å²) in [7, 11) is -3.67. The summed E-state index contributed by atoms with van der Waals surface area (Å²) in [6.07, 6.45) is 0.485. The summed E-state index contributed by atoms with van der Waals surface area (Å²) in [4.78, 5) is 13.4. The van der Waals surface area contributed by atoms with E-state index in [9.17, 15) is 9.36 Å². The number of halogens is 1. The van der Waals surface area contributed by atoms with Crippen LogP contribution in [0, 0.1) is 0 Å². The van der Waals surface area contributed by atoms with Gasteiger partial charge in [0, 0.05) is 5.88 Å². The molecule has 1 aliphatic rings. The Balaban J connectivity index is 1.83. The molecule has 1 unspecified atom stereocenters. The standard InChI is InChI=1S/C22H19ClNO3P/c23-16-18(15-17-9-3-1-4-10-17)24-22(25)20-13-7-8-14-21(20)27-28(24,26)19-11-5-2-6-12-19/h1-14,18H,15-16H2/t18-,28?/m1/s1. The third-order valence-electron chi connectivity index (χ3n) is 4.75. The van der Waals surface area contributed by atoms with E-state index in [1.807, 2.05) is 36.4 Å². The number of hydrogen-bond donors (Lipinski definition) is 0. The van der Waals surface area contributed by atoms with Gasteiger partial charge < -0.3 is 4.52 Å².